The number of aromatic amines is 1. The SMILES string of the molecule is O=C(NCc1ccc(C(F)(F)F)cc1)C1Cc2nc[nH]c2CN1C1CCOCC1. The van der Waals surface area contributed by atoms with Crippen LogP contribution in [-0.4, -0.2) is 46.1 Å². The molecule has 29 heavy (non-hydrogen) atoms. The first-order valence-electron chi connectivity index (χ1n) is 9.70. The number of amides is 1. The number of imidazole rings is 1. The molecule has 1 aromatic carbocycles. The van der Waals surface area contributed by atoms with Gasteiger partial charge in [-0.3, -0.25) is 9.69 Å². The number of ether oxygens (including phenoxy) is 1. The van der Waals surface area contributed by atoms with E-state index in [0.717, 1.165) is 36.4 Å². The van der Waals surface area contributed by atoms with Crippen LogP contribution in [0.25, 0.3) is 0 Å². The van der Waals surface area contributed by atoms with Crippen molar-refractivity contribution in [1.29, 1.82) is 0 Å². The quantitative estimate of drug-likeness (QED) is 0.816. The van der Waals surface area contributed by atoms with Gasteiger partial charge in [-0.1, -0.05) is 12.1 Å². The Morgan fingerprint density at radius 1 is 1.24 bits per heavy atom. The highest BCUT2D eigenvalue weighted by molar-refractivity contribution is 5.82. The van der Waals surface area contributed by atoms with Crippen LogP contribution in [0.1, 0.15) is 35.4 Å². The van der Waals surface area contributed by atoms with Crippen LogP contribution >= 0.6 is 0 Å². The maximum atomic E-state index is 13.0. The van der Waals surface area contributed by atoms with Gasteiger partial charge in [0.1, 0.15) is 0 Å². The van der Waals surface area contributed by atoms with Crippen molar-refractivity contribution in [2.75, 3.05) is 13.2 Å². The maximum Gasteiger partial charge on any atom is 0.416 e. The summed E-state index contributed by atoms with van der Waals surface area (Å²) in [6.07, 6.45) is -0.474. The molecule has 0 radical (unpaired) electrons. The molecule has 2 aliphatic heterocycles. The van der Waals surface area contributed by atoms with Gasteiger partial charge in [0.05, 0.1) is 29.3 Å². The van der Waals surface area contributed by atoms with Crippen molar-refractivity contribution in [3.05, 3.63) is 53.1 Å². The van der Waals surface area contributed by atoms with Crippen molar-refractivity contribution < 1.29 is 22.7 Å². The number of hydrogen-bond acceptors (Lipinski definition) is 4. The molecule has 0 saturated carbocycles. The lowest BCUT2D eigenvalue weighted by molar-refractivity contribution is -0.137. The fourth-order valence-electron chi connectivity index (χ4n) is 4.02. The Hall–Kier alpha value is -2.39. The summed E-state index contributed by atoms with van der Waals surface area (Å²) >= 11 is 0. The molecule has 6 nitrogen and oxygen atoms in total. The van der Waals surface area contributed by atoms with Gasteiger partial charge in [0.15, 0.2) is 0 Å². The summed E-state index contributed by atoms with van der Waals surface area (Å²) in [5.74, 6) is -0.134. The average molecular weight is 408 g/mol. The van der Waals surface area contributed by atoms with Gasteiger partial charge in [-0.25, -0.2) is 4.98 Å². The smallest absolute Gasteiger partial charge is 0.381 e. The maximum absolute atomic E-state index is 13.0. The summed E-state index contributed by atoms with van der Waals surface area (Å²) < 4.78 is 43.5. The van der Waals surface area contributed by atoms with E-state index in [9.17, 15) is 18.0 Å². The third-order valence-electron chi connectivity index (χ3n) is 5.65. The highest BCUT2D eigenvalue weighted by Gasteiger charge is 2.37. The molecule has 1 aromatic heterocycles. The minimum atomic E-state index is -4.37. The lowest BCUT2D eigenvalue weighted by atomic mass is 9.96. The van der Waals surface area contributed by atoms with Gasteiger partial charge in [0.2, 0.25) is 5.91 Å². The molecule has 0 spiro atoms. The molecule has 0 bridgehead atoms. The van der Waals surface area contributed by atoms with Gasteiger partial charge >= 0.3 is 6.18 Å². The molecular weight excluding hydrogens is 385 g/mol. The number of alkyl halides is 3. The van der Waals surface area contributed by atoms with E-state index in [-0.39, 0.29) is 24.5 Å². The van der Waals surface area contributed by atoms with Crippen LogP contribution in [0.2, 0.25) is 0 Å². The predicted octanol–water partition coefficient (Wildman–Crippen LogP) is 2.65. The lowest BCUT2D eigenvalue weighted by Crippen LogP contribution is -2.55. The molecule has 1 amide bonds. The molecule has 2 N–H and O–H groups in total. The Morgan fingerprint density at radius 2 is 1.97 bits per heavy atom. The van der Waals surface area contributed by atoms with E-state index in [2.05, 4.69) is 20.2 Å². The molecule has 156 valence electrons. The number of fused-ring (bicyclic) bond motifs is 1. The summed E-state index contributed by atoms with van der Waals surface area (Å²) in [4.78, 5) is 22.7. The topological polar surface area (TPSA) is 70.2 Å². The molecular formula is C20H23F3N4O2. The minimum absolute atomic E-state index is 0.134. The zero-order valence-corrected chi connectivity index (χ0v) is 15.8. The van der Waals surface area contributed by atoms with Crippen molar-refractivity contribution in [3.63, 3.8) is 0 Å². The molecule has 1 unspecified atom stereocenters. The highest BCUT2D eigenvalue weighted by atomic mass is 19.4. The summed E-state index contributed by atoms with van der Waals surface area (Å²) in [6.45, 7) is 2.16. The number of nitrogens with zero attached hydrogens (tertiary/aromatic N) is 2. The second-order valence-electron chi connectivity index (χ2n) is 7.48. The van der Waals surface area contributed by atoms with E-state index in [1.54, 1.807) is 6.33 Å². The van der Waals surface area contributed by atoms with E-state index in [0.29, 0.717) is 31.7 Å². The van der Waals surface area contributed by atoms with Crippen LogP contribution in [0.5, 0.6) is 0 Å². The van der Waals surface area contributed by atoms with E-state index >= 15 is 0 Å². The molecule has 3 heterocycles. The monoisotopic (exact) mass is 408 g/mol. The van der Waals surface area contributed by atoms with Gasteiger partial charge < -0.3 is 15.0 Å². The number of carbonyl (C=O) groups excluding carboxylic acids is 1. The van der Waals surface area contributed by atoms with Gasteiger partial charge in [0.25, 0.3) is 0 Å². The van der Waals surface area contributed by atoms with Gasteiger partial charge in [-0.2, -0.15) is 13.2 Å². The second-order valence-corrected chi connectivity index (χ2v) is 7.48. The third kappa shape index (κ3) is 4.45. The number of nitrogens with one attached hydrogen (secondary N) is 2. The van der Waals surface area contributed by atoms with Crippen molar-refractivity contribution in [3.8, 4) is 0 Å². The predicted molar refractivity (Wildman–Crippen MR) is 98.8 cm³/mol. The number of halogens is 3. The fraction of sp³-hybridized carbons (Fsp3) is 0.500. The number of aromatic nitrogens is 2. The third-order valence-corrected chi connectivity index (χ3v) is 5.65. The molecule has 4 rings (SSSR count). The number of H-pyrrole nitrogens is 1. The first-order valence-corrected chi connectivity index (χ1v) is 9.70. The first-order chi connectivity index (χ1) is 13.9. The molecule has 2 aromatic rings. The second kappa shape index (κ2) is 8.16. The summed E-state index contributed by atoms with van der Waals surface area (Å²) in [5, 5.41) is 2.89. The molecule has 1 saturated heterocycles. The van der Waals surface area contributed by atoms with Crippen LogP contribution < -0.4 is 5.32 Å². The molecule has 0 aliphatic carbocycles. The van der Waals surface area contributed by atoms with Crippen LogP contribution in [0.15, 0.2) is 30.6 Å². The number of rotatable bonds is 4. The Bertz CT molecular complexity index is 844. The molecule has 1 fully saturated rings. The summed E-state index contributed by atoms with van der Waals surface area (Å²) in [5.41, 5.74) is 1.85. The zero-order valence-electron chi connectivity index (χ0n) is 15.8. The number of carbonyl (C=O) groups is 1. The van der Waals surface area contributed by atoms with Crippen molar-refractivity contribution in [2.24, 2.45) is 0 Å². The Morgan fingerprint density at radius 3 is 2.66 bits per heavy atom. The highest BCUT2D eigenvalue weighted by Crippen LogP contribution is 2.29. The average Bonchev–Trinajstić information content (AvgIpc) is 3.19. The number of benzene rings is 1. The standard InChI is InChI=1S/C20H23F3N4O2/c21-20(22,23)14-3-1-13(2-4-14)10-24-19(28)18-9-16-17(26-12-25-16)11-27(18)15-5-7-29-8-6-15/h1-4,12,15,18H,5-11H2,(H,24,28)(H,25,26). The Balaban J connectivity index is 1.44. The lowest BCUT2D eigenvalue weighted by Gasteiger charge is -2.41. The largest absolute Gasteiger partial charge is 0.416 e. The van der Waals surface area contributed by atoms with Crippen LogP contribution in [0, 0.1) is 0 Å². The summed E-state index contributed by atoms with van der Waals surface area (Å²) in [6, 6.07) is 4.75. The van der Waals surface area contributed by atoms with E-state index in [1.165, 1.54) is 12.1 Å². The van der Waals surface area contributed by atoms with E-state index < -0.39 is 11.7 Å². The molecule has 1 atom stereocenters. The molecule has 2 aliphatic rings. The Kier molecular flexibility index (Phi) is 5.60. The fourth-order valence-corrected chi connectivity index (χ4v) is 4.02. The first kappa shape index (κ1) is 19.9. The molecule has 9 heteroatoms. The van der Waals surface area contributed by atoms with Crippen molar-refractivity contribution in [1.82, 2.24) is 20.2 Å². The van der Waals surface area contributed by atoms with Gasteiger partial charge in [-0.05, 0) is 30.5 Å². The van der Waals surface area contributed by atoms with E-state index in [4.69, 9.17) is 4.74 Å². The van der Waals surface area contributed by atoms with Crippen LogP contribution in [0.4, 0.5) is 13.2 Å². The van der Waals surface area contributed by atoms with Crippen molar-refractivity contribution in [2.45, 2.75) is 50.6 Å². The van der Waals surface area contributed by atoms with Crippen molar-refractivity contribution >= 4 is 5.91 Å². The van der Waals surface area contributed by atoms with Crippen LogP contribution in [0.3, 0.4) is 0 Å². The Labute approximate surface area is 166 Å². The van der Waals surface area contributed by atoms with Crippen LogP contribution in [-0.2, 0) is 35.2 Å². The van der Waals surface area contributed by atoms with Gasteiger partial charge in [-0.15, -0.1) is 0 Å². The zero-order chi connectivity index (χ0) is 20.4. The normalized spacial score (nSPS) is 21.0. The minimum Gasteiger partial charge on any atom is -0.381 e. The van der Waals surface area contributed by atoms with E-state index in [1.807, 2.05) is 0 Å². The summed E-state index contributed by atoms with van der Waals surface area (Å²) in [7, 11) is 0. The number of hydrogen-bond donors (Lipinski definition) is 2. The van der Waals surface area contributed by atoms with Gasteiger partial charge in [0, 0.05) is 38.8 Å².